The van der Waals surface area contributed by atoms with E-state index in [1.807, 2.05) is 18.2 Å². The highest BCUT2D eigenvalue weighted by molar-refractivity contribution is 9.11. The van der Waals surface area contributed by atoms with Gasteiger partial charge in [-0.25, -0.2) is 0 Å². The first-order valence-electron chi connectivity index (χ1n) is 4.86. The van der Waals surface area contributed by atoms with Gasteiger partial charge in [0.15, 0.2) is 6.79 Å². The quantitative estimate of drug-likeness (QED) is 0.838. The van der Waals surface area contributed by atoms with Crippen molar-refractivity contribution in [3.63, 3.8) is 0 Å². The van der Waals surface area contributed by atoms with Crippen LogP contribution in [-0.4, -0.2) is 19.0 Å². The Kier molecular flexibility index (Phi) is 3.91. The Morgan fingerprint density at radius 3 is 2.41 bits per heavy atom. The van der Waals surface area contributed by atoms with Gasteiger partial charge in [0.25, 0.3) is 0 Å². The summed E-state index contributed by atoms with van der Waals surface area (Å²) < 4.78 is 11.8. The summed E-state index contributed by atoms with van der Waals surface area (Å²) in [5.74, 6) is 0.923. The van der Waals surface area contributed by atoms with Crippen molar-refractivity contribution in [1.82, 2.24) is 0 Å². The highest BCUT2D eigenvalue weighted by atomic mass is 79.9. The fourth-order valence-corrected chi connectivity index (χ4v) is 2.60. The largest absolute Gasteiger partial charge is 0.507 e. The number of rotatable bonds is 3. The van der Waals surface area contributed by atoms with Gasteiger partial charge in [0, 0.05) is 17.9 Å². The van der Waals surface area contributed by atoms with Crippen LogP contribution < -0.4 is 4.74 Å². The molecule has 0 atom stereocenters. The summed E-state index contributed by atoms with van der Waals surface area (Å²) in [5, 5.41) is 11.5. The molecule has 5 heteroatoms. The SMILES string of the molecule is COCOc1ccc2c(Br)c(O)ccc2c1Br. The van der Waals surface area contributed by atoms with Crippen molar-refractivity contribution in [3.05, 3.63) is 33.2 Å². The zero-order chi connectivity index (χ0) is 12.4. The standard InChI is InChI=1S/C12H10Br2O3/c1-16-6-17-10-5-3-7-8(12(10)14)2-4-9(15)11(7)13/h2-5,15H,6H2,1H3. The first-order valence-corrected chi connectivity index (χ1v) is 6.45. The molecule has 0 amide bonds. The molecule has 0 unspecified atom stereocenters. The lowest BCUT2D eigenvalue weighted by molar-refractivity contribution is 0.0507. The van der Waals surface area contributed by atoms with Crippen LogP contribution in [0.5, 0.6) is 11.5 Å². The summed E-state index contributed by atoms with van der Waals surface area (Å²) in [6.07, 6.45) is 0. The third kappa shape index (κ3) is 2.41. The molecule has 2 aromatic carbocycles. The molecule has 0 heterocycles. The van der Waals surface area contributed by atoms with E-state index >= 15 is 0 Å². The predicted molar refractivity (Wildman–Crippen MR) is 73.5 cm³/mol. The Bertz CT molecular complexity index is 555. The molecular formula is C12H10Br2O3. The van der Waals surface area contributed by atoms with Crippen LogP contribution in [0.4, 0.5) is 0 Å². The first kappa shape index (κ1) is 12.7. The third-order valence-corrected chi connectivity index (χ3v) is 4.00. The van der Waals surface area contributed by atoms with E-state index in [0.29, 0.717) is 10.2 Å². The van der Waals surface area contributed by atoms with Gasteiger partial charge in [0.1, 0.15) is 11.5 Å². The smallest absolute Gasteiger partial charge is 0.188 e. The monoisotopic (exact) mass is 360 g/mol. The molecular weight excluding hydrogens is 352 g/mol. The molecule has 0 spiro atoms. The van der Waals surface area contributed by atoms with E-state index < -0.39 is 0 Å². The van der Waals surface area contributed by atoms with E-state index in [2.05, 4.69) is 31.9 Å². The van der Waals surface area contributed by atoms with Gasteiger partial charge in [-0.05, 0) is 56.1 Å². The van der Waals surface area contributed by atoms with Gasteiger partial charge < -0.3 is 14.6 Å². The molecule has 0 radical (unpaired) electrons. The Balaban J connectivity index is 2.56. The normalized spacial score (nSPS) is 10.8. The molecule has 90 valence electrons. The number of phenolic OH excluding ortho intramolecular Hbond substituents is 1. The summed E-state index contributed by atoms with van der Waals surface area (Å²) in [5.41, 5.74) is 0. The van der Waals surface area contributed by atoms with Crippen LogP contribution in [0.15, 0.2) is 33.2 Å². The van der Waals surface area contributed by atoms with Gasteiger partial charge in [-0.3, -0.25) is 0 Å². The van der Waals surface area contributed by atoms with Crippen molar-refractivity contribution in [3.8, 4) is 11.5 Å². The van der Waals surface area contributed by atoms with Crippen molar-refractivity contribution in [2.75, 3.05) is 13.9 Å². The molecule has 1 N–H and O–H groups in total. The fourth-order valence-electron chi connectivity index (χ4n) is 1.53. The lowest BCUT2D eigenvalue weighted by atomic mass is 10.1. The molecule has 0 saturated carbocycles. The van der Waals surface area contributed by atoms with E-state index in [1.54, 1.807) is 13.2 Å². The van der Waals surface area contributed by atoms with Crippen molar-refractivity contribution in [2.45, 2.75) is 0 Å². The molecule has 0 aliphatic carbocycles. The minimum Gasteiger partial charge on any atom is -0.507 e. The average molecular weight is 362 g/mol. The van der Waals surface area contributed by atoms with Crippen LogP contribution in [0.1, 0.15) is 0 Å². The van der Waals surface area contributed by atoms with Gasteiger partial charge in [-0.15, -0.1) is 0 Å². The average Bonchev–Trinajstić information content (AvgIpc) is 2.33. The van der Waals surface area contributed by atoms with E-state index in [0.717, 1.165) is 15.2 Å². The fraction of sp³-hybridized carbons (Fsp3) is 0.167. The van der Waals surface area contributed by atoms with E-state index in [4.69, 9.17) is 9.47 Å². The highest BCUT2D eigenvalue weighted by Gasteiger charge is 2.10. The summed E-state index contributed by atoms with van der Waals surface area (Å²) >= 11 is 6.84. The Labute approximate surface area is 116 Å². The van der Waals surface area contributed by atoms with Crippen LogP contribution in [0.2, 0.25) is 0 Å². The summed E-state index contributed by atoms with van der Waals surface area (Å²) in [4.78, 5) is 0. The Morgan fingerprint density at radius 1 is 1.06 bits per heavy atom. The zero-order valence-electron chi connectivity index (χ0n) is 9.04. The number of methoxy groups -OCH3 is 1. The molecule has 0 fully saturated rings. The number of hydrogen-bond donors (Lipinski definition) is 1. The summed E-state index contributed by atoms with van der Waals surface area (Å²) in [6, 6.07) is 7.18. The maximum Gasteiger partial charge on any atom is 0.188 e. The van der Waals surface area contributed by atoms with Crippen molar-refractivity contribution in [1.29, 1.82) is 0 Å². The number of benzene rings is 2. The van der Waals surface area contributed by atoms with Crippen LogP contribution >= 0.6 is 31.9 Å². The molecule has 3 nitrogen and oxygen atoms in total. The molecule has 0 aromatic heterocycles. The van der Waals surface area contributed by atoms with Crippen molar-refractivity contribution >= 4 is 42.6 Å². The molecule has 0 aliphatic heterocycles. The number of phenols is 1. The molecule has 0 aliphatic rings. The van der Waals surface area contributed by atoms with E-state index in [-0.39, 0.29) is 12.5 Å². The van der Waals surface area contributed by atoms with E-state index in [1.165, 1.54) is 0 Å². The van der Waals surface area contributed by atoms with Crippen LogP contribution in [-0.2, 0) is 4.74 Å². The van der Waals surface area contributed by atoms with Crippen LogP contribution in [0, 0.1) is 0 Å². The maximum absolute atomic E-state index is 9.61. The number of fused-ring (bicyclic) bond motifs is 1. The van der Waals surface area contributed by atoms with Crippen molar-refractivity contribution < 1.29 is 14.6 Å². The number of halogens is 2. The summed E-state index contributed by atoms with van der Waals surface area (Å²) in [6.45, 7) is 0.198. The second kappa shape index (κ2) is 5.25. The number of aromatic hydroxyl groups is 1. The topological polar surface area (TPSA) is 38.7 Å². The zero-order valence-corrected chi connectivity index (χ0v) is 12.2. The predicted octanol–water partition coefficient (Wildman–Crippen LogP) is 4.05. The van der Waals surface area contributed by atoms with Crippen molar-refractivity contribution in [2.24, 2.45) is 0 Å². The third-order valence-electron chi connectivity index (χ3n) is 2.35. The van der Waals surface area contributed by atoms with E-state index in [9.17, 15) is 5.11 Å². The molecule has 2 aromatic rings. The Hall–Kier alpha value is -0.780. The van der Waals surface area contributed by atoms with Crippen LogP contribution in [0.25, 0.3) is 10.8 Å². The Morgan fingerprint density at radius 2 is 1.71 bits per heavy atom. The van der Waals surface area contributed by atoms with Crippen LogP contribution in [0.3, 0.4) is 0 Å². The molecule has 0 bridgehead atoms. The maximum atomic E-state index is 9.61. The molecule has 0 saturated heterocycles. The second-order valence-electron chi connectivity index (χ2n) is 3.42. The van der Waals surface area contributed by atoms with Gasteiger partial charge in [0.05, 0.1) is 8.95 Å². The van der Waals surface area contributed by atoms with Gasteiger partial charge in [-0.1, -0.05) is 0 Å². The first-order chi connectivity index (χ1) is 8.15. The lowest BCUT2D eigenvalue weighted by Gasteiger charge is -2.10. The second-order valence-corrected chi connectivity index (χ2v) is 5.01. The highest BCUT2D eigenvalue weighted by Crippen LogP contribution is 2.39. The minimum absolute atomic E-state index is 0.198. The molecule has 17 heavy (non-hydrogen) atoms. The molecule has 2 rings (SSSR count). The van der Waals surface area contributed by atoms with Gasteiger partial charge in [0.2, 0.25) is 0 Å². The van der Waals surface area contributed by atoms with Gasteiger partial charge in [-0.2, -0.15) is 0 Å². The van der Waals surface area contributed by atoms with Gasteiger partial charge >= 0.3 is 0 Å². The number of hydrogen-bond acceptors (Lipinski definition) is 3. The minimum atomic E-state index is 0.198. The number of ether oxygens (including phenoxy) is 2. The lowest BCUT2D eigenvalue weighted by Crippen LogP contribution is -1.99. The summed E-state index contributed by atoms with van der Waals surface area (Å²) in [7, 11) is 1.57.